The van der Waals surface area contributed by atoms with Gasteiger partial charge in [0, 0.05) is 51.7 Å². The lowest BCUT2D eigenvalue weighted by molar-refractivity contribution is -0.137. The van der Waals surface area contributed by atoms with E-state index in [-0.39, 0.29) is 11.1 Å². The third-order valence-electron chi connectivity index (χ3n) is 4.75. The summed E-state index contributed by atoms with van der Waals surface area (Å²) in [5, 5.41) is 10.8. The highest BCUT2D eigenvalue weighted by Gasteiger charge is 2.33. The van der Waals surface area contributed by atoms with Gasteiger partial charge in [-0.3, -0.25) is 9.67 Å². The SMILES string of the molecule is CCNC(=NCCc1cnn(C)c1)NC1CCN(c2ncc(C(F)(F)F)cc2Cl)C1. The van der Waals surface area contributed by atoms with Crippen LogP contribution in [0.25, 0.3) is 0 Å². The first-order valence-electron chi connectivity index (χ1n) is 9.76. The van der Waals surface area contributed by atoms with Crippen molar-refractivity contribution < 1.29 is 13.2 Å². The number of alkyl halides is 3. The Morgan fingerprint density at radius 3 is 2.80 bits per heavy atom. The molecule has 0 aromatic carbocycles. The Morgan fingerprint density at radius 2 is 2.17 bits per heavy atom. The molecule has 1 unspecified atom stereocenters. The molecular weight excluding hydrogens is 419 g/mol. The fourth-order valence-corrected chi connectivity index (χ4v) is 3.59. The number of nitrogens with one attached hydrogen (secondary N) is 2. The number of nitrogens with zero attached hydrogens (tertiary/aromatic N) is 5. The van der Waals surface area contributed by atoms with Crippen LogP contribution in [0.1, 0.15) is 24.5 Å². The van der Waals surface area contributed by atoms with Crippen LogP contribution in [0.2, 0.25) is 5.02 Å². The molecule has 2 aromatic rings. The maximum atomic E-state index is 12.8. The Kier molecular flexibility index (Phi) is 7.06. The molecule has 1 atom stereocenters. The fourth-order valence-electron chi connectivity index (χ4n) is 3.30. The van der Waals surface area contributed by atoms with Gasteiger partial charge in [-0.25, -0.2) is 4.98 Å². The van der Waals surface area contributed by atoms with Gasteiger partial charge < -0.3 is 15.5 Å². The monoisotopic (exact) mass is 443 g/mol. The van der Waals surface area contributed by atoms with Crippen LogP contribution >= 0.6 is 11.6 Å². The number of pyridine rings is 1. The van der Waals surface area contributed by atoms with Crippen LogP contribution in [0.15, 0.2) is 29.6 Å². The quantitative estimate of drug-likeness (QED) is 0.530. The largest absolute Gasteiger partial charge is 0.417 e. The summed E-state index contributed by atoms with van der Waals surface area (Å²) in [5.74, 6) is 1.08. The van der Waals surface area contributed by atoms with Crippen molar-refractivity contribution in [2.75, 3.05) is 31.1 Å². The maximum absolute atomic E-state index is 12.8. The molecule has 1 fully saturated rings. The van der Waals surface area contributed by atoms with E-state index in [9.17, 15) is 13.2 Å². The van der Waals surface area contributed by atoms with E-state index in [1.54, 1.807) is 4.68 Å². The van der Waals surface area contributed by atoms with E-state index >= 15 is 0 Å². The molecule has 0 radical (unpaired) electrons. The molecule has 0 saturated carbocycles. The van der Waals surface area contributed by atoms with Gasteiger partial charge in [0.2, 0.25) is 0 Å². The number of guanidine groups is 1. The second-order valence-corrected chi connectivity index (χ2v) is 7.54. The van der Waals surface area contributed by atoms with E-state index in [2.05, 4.69) is 25.7 Å². The van der Waals surface area contributed by atoms with Crippen LogP contribution < -0.4 is 15.5 Å². The first-order valence-corrected chi connectivity index (χ1v) is 10.1. The van der Waals surface area contributed by atoms with E-state index in [4.69, 9.17) is 11.6 Å². The second kappa shape index (κ2) is 9.55. The summed E-state index contributed by atoms with van der Waals surface area (Å²) in [6.07, 6.45) is 1.73. The van der Waals surface area contributed by atoms with Crippen LogP contribution in [-0.4, -0.2) is 52.9 Å². The molecule has 3 rings (SSSR count). The number of aliphatic imine (C=N–C) groups is 1. The summed E-state index contributed by atoms with van der Waals surface area (Å²) in [4.78, 5) is 10.5. The van der Waals surface area contributed by atoms with Crippen molar-refractivity contribution in [2.45, 2.75) is 32.0 Å². The van der Waals surface area contributed by atoms with Gasteiger partial charge in [0.25, 0.3) is 0 Å². The molecule has 30 heavy (non-hydrogen) atoms. The third kappa shape index (κ3) is 5.78. The Labute approximate surface area is 178 Å². The number of anilines is 1. The molecule has 0 aliphatic carbocycles. The topological polar surface area (TPSA) is 70.4 Å². The van der Waals surface area contributed by atoms with Gasteiger partial charge in [0.1, 0.15) is 5.82 Å². The zero-order chi connectivity index (χ0) is 21.7. The average Bonchev–Trinajstić information content (AvgIpc) is 3.30. The third-order valence-corrected chi connectivity index (χ3v) is 5.03. The predicted molar refractivity (Wildman–Crippen MR) is 111 cm³/mol. The summed E-state index contributed by atoms with van der Waals surface area (Å²) in [5.41, 5.74) is 0.271. The van der Waals surface area contributed by atoms with Crippen molar-refractivity contribution in [3.63, 3.8) is 0 Å². The molecular formula is C19H25ClF3N7. The van der Waals surface area contributed by atoms with E-state index in [1.165, 1.54) is 0 Å². The van der Waals surface area contributed by atoms with Gasteiger partial charge in [0.15, 0.2) is 5.96 Å². The fraction of sp³-hybridized carbons (Fsp3) is 0.526. The highest BCUT2D eigenvalue weighted by Crippen LogP contribution is 2.34. The number of hydrogen-bond donors (Lipinski definition) is 2. The minimum Gasteiger partial charge on any atom is -0.357 e. The molecule has 3 heterocycles. The Bertz CT molecular complexity index is 881. The van der Waals surface area contributed by atoms with Gasteiger partial charge in [-0.05, 0) is 31.4 Å². The molecule has 1 aliphatic heterocycles. The molecule has 0 spiro atoms. The number of aromatic nitrogens is 3. The highest BCUT2D eigenvalue weighted by atomic mass is 35.5. The van der Waals surface area contributed by atoms with Gasteiger partial charge in [-0.1, -0.05) is 11.6 Å². The van der Waals surface area contributed by atoms with Crippen LogP contribution in [0.5, 0.6) is 0 Å². The van der Waals surface area contributed by atoms with E-state index < -0.39 is 11.7 Å². The number of halogens is 4. The first-order chi connectivity index (χ1) is 14.3. The summed E-state index contributed by atoms with van der Waals surface area (Å²) in [7, 11) is 1.88. The van der Waals surface area contributed by atoms with Crippen molar-refractivity contribution in [1.82, 2.24) is 25.4 Å². The van der Waals surface area contributed by atoms with Crippen LogP contribution in [0.3, 0.4) is 0 Å². The zero-order valence-corrected chi connectivity index (χ0v) is 17.6. The van der Waals surface area contributed by atoms with Crippen molar-refractivity contribution in [2.24, 2.45) is 12.0 Å². The Morgan fingerprint density at radius 1 is 1.37 bits per heavy atom. The summed E-state index contributed by atoms with van der Waals surface area (Å²) < 4.78 is 40.2. The Balaban J connectivity index is 1.58. The van der Waals surface area contributed by atoms with Crippen molar-refractivity contribution in [3.8, 4) is 0 Å². The summed E-state index contributed by atoms with van der Waals surface area (Å²) >= 11 is 6.08. The van der Waals surface area contributed by atoms with Crippen molar-refractivity contribution in [3.05, 3.63) is 40.8 Å². The number of rotatable bonds is 6. The average molecular weight is 444 g/mol. The van der Waals surface area contributed by atoms with Gasteiger partial charge in [-0.2, -0.15) is 18.3 Å². The van der Waals surface area contributed by atoms with Crippen LogP contribution in [-0.2, 0) is 19.6 Å². The molecule has 2 N–H and O–H groups in total. The lowest BCUT2D eigenvalue weighted by Gasteiger charge is -2.21. The molecule has 0 amide bonds. The highest BCUT2D eigenvalue weighted by molar-refractivity contribution is 6.33. The molecule has 2 aromatic heterocycles. The van der Waals surface area contributed by atoms with Gasteiger partial charge in [-0.15, -0.1) is 0 Å². The minimum atomic E-state index is -4.46. The number of aryl methyl sites for hydroxylation is 1. The molecule has 1 saturated heterocycles. The minimum absolute atomic E-state index is 0.00233. The van der Waals surface area contributed by atoms with E-state index in [1.807, 2.05) is 31.3 Å². The zero-order valence-electron chi connectivity index (χ0n) is 16.9. The number of hydrogen-bond acceptors (Lipinski definition) is 4. The summed E-state index contributed by atoms with van der Waals surface area (Å²) in [6, 6.07) is 1.01. The van der Waals surface area contributed by atoms with Crippen molar-refractivity contribution >= 4 is 23.4 Å². The van der Waals surface area contributed by atoms with Gasteiger partial charge in [0.05, 0.1) is 16.8 Å². The van der Waals surface area contributed by atoms with E-state index in [0.29, 0.717) is 31.4 Å². The molecule has 0 bridgehead atoms. The van der Waals surface area contributed by atoms with E-state index in [0.717, 1.165) is 37.2 Å². The predicted octanol–water partition coefficient (Wildman–Crippen LogP) is 2.86. The van der Waals surface area contributed by atoms with Gasteiger partial charge >= 0.3 is 6.18 Å². The summed E-state index contributed by atoms with van der Waals surface area (Å²) in [6.45, 7) is 4.55. The molecule has 1 aliphatic rings. The van der Waals surface area contributed by atoms with Crippen molar-refractivity contribution in [1.29, 1.82) is 0 Å². The van der Waals surface area contributed by atoms with Crippen LogP contribution in [0, 0.1) is 0 Å². The lowest BCUT2D eigenvalue weighted by atomic mass is 10.2. The smallest absolute Gasteiger partial charge is 0.357 e. The Hall–Kier alpha value is -2.49. The normalized spacial score (nSPS) is 17.5. The molecule has 11 heteroatoms. The maximum Gasteiger partial charge on any atom is 0.417 e. The second-order valence-electron chi connectivity index (χ2n) is 7.14. The lowest BCUT2D eigenvalue weighted by Crippen LogP contribution is -2.44. The first kappa shape index (κ1) is 22.2. The molecule has 7 nitrogen and oxygen atoms in total. The molecule has 164 valence electrons. The standard InChI is InChI=1S/C19H25ClF3N7/c1-3-24-18(25-6-4-13-9-27-29(2)11-13)28-15-5-7-30(12-15)17-16(20)8-14(10-26-17)19(21,22)23/h8-11,15H,3-7,12H2,1-2H3,(H2,24,25,28). The van der Waals surface area contributed by atoms with Crippen LogP contribution in [0.4, 0.5) is 19.0 Å².